The Hall–Kier alpha value is -3.25. The molecule has 0 radical (unpaired) electrons. The van der Waals surface area contributed by atoms with Crippen molar-refractivity contribution >= 4 is 27.5 Å². The number of carbonyl (C=O) groups is 1. The molecule has 0 bridgehead atoms. The standard InChI is InChI=1S/C29H30O5/c1-21(30)34-18-17-33-20-25-14-12-23-8-4-6-10-27(23)29(25)28-24(19-32-16-15-31-2)13-11-22-7-3-5-9-26(22)28/h3-14H,15-20H2,1-2H3. The van der Waals surface area contributed by atoms with Gasteiger partial charge in [0.25, 0.3) is 0 Å². The van der Waals surface area contributed by atoms with Gasteiger partial charge in [0.1, 0.15) is 6.61 Å². The Balaban J connectivity index is 1.80. The molecule has 34 heavy (non-hydrogen) atoms. The zero-order chi connectivity index (χ0) is 23.8. The van der Waals surface area contributed by atoms with Gasteiger partial charge in [-0.1, -0.05) is 72.8 Å². The molecule has 0 aromatic heterocycles. The second kappa shape index (κ2) is 11.7. The molecule has 4 aromatic rings. The summed E-state index contributed by atoms with van der Waals surface area (Å²) in [5.74, 6) is -0.302. The molecule has 0 aliphatic rings. The van der Waals surface area contributed by atoms with Gasteiger partial charge in [-0.15, -0.1) is 0 Å². The van der Waals surface area contributed by atoms with Gasteiger partial charge in [0.2, 0.25) is 0 Å². The number of methoxy groups -OCH3 is 1. The van der Waals surface area contributed by atoms with E-state index in [1.54, 1.807) is 7.11 Å². The first-order chi connectivity index (χ1) is 16.7. The van der Waals surface area contributed by atoms with Crippen molar-refractivity contribution in [1.29, 1.82) is 0 Å². The molecular weight excluding hydrogens is 428 g/mol. The fraction of sp³-hybridized carbons (Fsp3) is 0.276. The lowest BCUT2D eigenvalue weighted by Crippen LogP contribution is -2.08. The third-order valence-electron chi connectivity index (χ3n) is 5.76. The summed E-state index contributed by atoms with van der Waals surface area (Å²) in [5, 5.41) is 4.68. The van der Waals surface area contributed by atoms with Crippen LogP contribution in [-0.4, -0.2) is 39.5 Å². The van der Waals surface area contributed by atoms with Crippen molar-refractivity contribution in [3.8, 4) is 11.1 Å². The number of rotatable bonds is 11. The van der Waals surface area contributed by atoms with Gasteiger partial charge in [-0.3, -0.25) is 4.79 Å². The summed E-state index contributed by atoms with van der Waals surface area (Å²) in [4.78, 5) is 11.1. The Kier molecular flexibility index (Phi) is 8.26. The van der Waals surface area contributed by atoms with Crippen LogP contribution >= 0.6 is 0 Å². The highest BCUT2D eigenvalue weighted by Crippen LogP contribution is 2.39. The summed E-state index contributed by atoms with van der Waals surface area (Å²) in [5.41, 5.74) is 4.50. The maximum absolute atomic E-state index is 11.1. The highest BCUT2D eigenvalue weighted by Gasteiger charge is 2.17. The van der Waals surface area contributed by atoms with E-state index < -0.39 is 0 Å². The van der Waals surface area contributed by atoms with Crippen LogP contribution in [0.25, 0.3) is 32.7 Å². The number of hydrogen-bond acceptors (Lipinski definition) is 5. The van der Waals surface area contributed by atoms with Crippen LogP contribution < -0.4 is 0 Å². The largest absolute Gasteiger partial charge is 0.463 e. The van der Waals surface area contributed by atoms with E-state index >= 15 is 0 Å². The third-order valence-corrected chi connectivity index (χ3v) is 5.76. The quantitative estimate of drug-likeness (QED) is 0.207. The molecule has 4 aromatic carbocycles. The zero-order valence-electron chi connectivity index (χ0n) is 19.7. The molecule has 0 aliphatic heterocycles. The molecule has 4 rings (SSSR count). The summed E-state index contributed by atoms with van der Waals surface area (Å²) in [6, 6.07) is 25.4. The molecule has 0 atom stereocenters. The lowest BCUT2D eigenvalue weighted by molar-refractivity contribution is -0.142. The second-order valence-electron chi connectivity index (χ2n) is 8.08. The number of carbonyl (C=O) groups excluding carboxylic acids is 1. The van der Waals surface area contributed by atoms with Gasteiger partial charge < -0.3 is 18.9 Å². The molecule has 176 valence electrons. The van der Waals surface area contributed by atoms with Crippen LogP contribution in [0.1, 0.15) is 18.1 Å². The third kappa shape index (κ3) is 5.62. The van der Waals surface area contributed by atoms with Crippen LogP contribution in [0, 0.1) is 0 Å². The van der Waals surface area contributed by atoms with Crippen molar-refractivity contribution < 1.29 is 23.7 Å². The smallest absolute Gasteiger partial charge is 0.302 e. The lowest BCUT2D eigenvalue weighted by Gasteiger charge is -2.19. The van der Waals surface area contributed by atoms with Crippen LogP contribution in [0.4, 0.5) is 0 Å². The normalized spacial score (nSPS) is 11.2. The number of esters is 1. The Morgan fingerprint density at radius 3 is 1.65 bits per heavy atom. The fourth-order valence-corrected chi connectivity index (χ4v) is 4.22. The average Bonchev–Trinajstić information content (AvgIpc) is 2.86. The molecule has 0 saturated carbocycles. The highest BCUT2D eigenvalue weighted by atomic mass is 16.6. The van der Waals surface area contributed by atoms with Crippen molar-refractivity contribution in [3.63, 3.8) is 0 Å². The van der Waals surface area contributed by atoms with Crippen molar-refractivity contribution in [1.82, 2.24) is 0 Å². The van der Waals surface area contributed by atoms with Gasteiger partial charge in [0, 0.05) is 14.0 Å². The first-order valence-corrected chi connectivity index (χ1v) is 11.5. The van der Waals surface area contributed by atoms with Gasteiger partial charge >= 0.3 is 5.97 Å². The summed E-state index contributed by atoms with van der Waals surface area (Å²) >= 11 is 0. The van der Waals surface area contributed by atoms with E-state index in [9.17, 15) is 4.79 Å². The summed E-state index contributed by atoms with van der Waals surface area (Å²) < 4.78 is 22.0. The van der Waals surface area contributed by atoms with Crippen LogP contribution in [-0.2, 0) is 37.0 Å². The molecule has 5 nitrogen and oxygen atoms in total. The van der Waals surface area contributed by atoms with Gasteiger partial charge in [0.05, 0.1) is 33.0 Å². The summed E-state index contributed by atoms with van der Waals surface area (Å²) in [6.07, 6.45) is 0. The number of benzene rings is 4. The minimum atomic E-state index is -0.302. The molecule has 0 heterocycles. The Morgan fingerprint density at radius 2 is 1.15 bits per heavy atom. The lowest BCUT2D eigenvalue weighted by atomic mass is 9.87. The minimum Gasteiger partial charge on any atom is -0.463 e. The van der Waals surface area contributed by atoms with E-state index in [-0.39, 0.29) is 12.6 Å². The zero-order valence-corrected chi connectivity index (χ0v) is 19.7. The monoisotopic (exact) mass is 458 g/mol. The van der Waals surface area contributed by atoms with Crippen LogP contribution in [0.3, 0.4) is 0 Å². The van der Waals surface area contributed by atoms with E-state index in [0.29, 0.717) is 33.0 Å². The Bertz CT molecular complexity index is 1260. The second-order valence-corrected chi connectivity index (χ2v) is 8.08. The molecule has 0 aliphatic carbocycles. The Morgan fingerprint density at radius 1 is 0.647 bits per heavy atom. The van der Waals surface area contributed by atoms with E-state index in [0.717, 1.165) is 27.6 Å². The molecule has 5 heteroatoms. The number of ether oxygens (including phenoxy) is 4. The Labute approximate surface area is 200 Å². The van der Waals surface area contributed by atoms with Gasteiger partial charge in [-0.2, -0.15) is 0 Å². The molecule has 0 amide bonds. The molecule has 0 spiro atoms. The fourth-order valence-electron chi connectivity index (χ4n) is 4.22. The molecule has 0 unspecified atom stereocenters. The van der Waals surface area contributed by atoms with Crippen molar-refractivity contribution in [2.75, 3.05) is 33.5 Å². The molecule has 0 N–H and O–H groups in total. The predicted molar refractivity (Wildman–Crippen MR) is 135 cm³/mol. The molecular formula is C29H30O5. The van der Waals surface area contributed by atoms with Crippen LogP contribution in [0.2, 0.25) is 0 Å². The maximum atomic E-state index is 11.1. The highest BCUT2D eigenvalue weighted by molar-refractivity contribution is 6.07. The van der Waals surface area contributed by atoms with E-state index in [2.05, 4.69) is 72.8 Å². The SMILES string of the molecule is COCCOCc1ccc2ccccc2c1-c1c(COCCOC(C)=O)ccc2ccccc12. The van der Waals surface area contributed by atoms with Crippen LogP contribution in [0.15, 0.2) is 72.8 Å². The van der Waals surface area contributed by atoms with Crippen molar-refractivity contribution in [2.24, 2.45) is 0 Å². The predicted octanol–water partition coefficient (Wildman–Crippen LogP) is 5.90. The molecule has 0 saturated heterocycles. The number of fused-ring (bicyclic) bond motifs is 2. The van der Waals surface area contributed by atoms with E-state index in [1.807, 2.05) is 0 Å². The van der Waals surface area contributed by atoms with E-state index in [4.69, 9.17) is 18.9 Å². The number of hydrogen-bond donors (Lipinski definition) is 0. The van der Waals surface area contributed by atoms with Crippen molar-refractivity contribution in [3.05, 3.63) is 83.9 Å². The van der Waals surface area contributed by atoms with E-state index in [1.165, 1.54) is 23.1 Å². The van der Waals surface area contributed by atoms with Gasteiger partial charge in [-0.25, -0.2) is 0 Å². The molecule has 0 fully saturated rings. The topological polar surface area (TPSA) is 54.0 Å². The van der Waals surface area contributed by atoms with Gasteiger partial charge in [0.15, 0.2) is 0 Å². The van der Waals surface area contributed by atoms with Crippen LogP contribution in [0.5, 0.6) is 0 Å². The average molecular weight is 459 g/mol. The van der Waals surface area contributed by atoms with Gasteiger partial charge in [-0.05, 0) is 43.8 Å². The summed E-state index contributed by atoms with van der Waals surface area (Å²) in [7, 11) is 1.68. The first kappa shape index (κ1) is 23.9. The minimum absolute atomic E-state index is 0.241. The van der Waals surface area contributed by atoms with Crippen molar-refractivity contribution in [2.45, 2.75) is 20.1 Å². The summed E-state index contributed by atoms with van der Waals surface area (Å²) in [6.45, 7) is 3.97. The first-order valence-electron chi connectivity index (χ1n) is 11.5. The maximum Gasteiger partial charge on any atom is 0.302 e.